The van der Waals surface area contributed by atoms with E-state index in [1.165, 1.54) is 23.4 Å². The van der Waals surface area contributed by atoms with Crippen molar-refractivity contribution in [2.45, 2.75) is 37.3 Å². The Kier molecular flexibility index (Phi) is 2.56. The van der Waals surface area contributed by atoms with Crippen molar-refractivity contribution >= 4 is 36.9 Å². The molecule has 0 saturated carbocycles. The molecule has 1 aliphatic rings. The Morgan fingerprint density at radius 3 is 1.60 bits per heavy atom. The van der Waals surface area contributed by atoms with Crippen LogP contribution in [0.5, 0.6) is 0 Å². The smallest absolute Gasteiger partial charge is 0.146 e. The maximum atomic E-state index is 6.09. The van der Waals surface area contributed by atoms with Crippen LogP contribution in [0, 0.1) is 0 Å². The molecule has 0 atom stereocenters. The van der Waals surface area contributed by atoms with Crippen molar-refractivity contribution in [1.82, 2.24) is 0 Å². The van der Waals surface area contributed by atoms with Crippen molar-refractivity contribution in [3.8, 4) is 0 Å². The molecule has 0 N–H and O–H groups in total. The second-order valence-corrected chi connectivity index (χ2v) is 17.3. The van der Waals surface area contributed by atoms with E-state index in [4.69, 9.17) is 22.2 Å². The van der Waals surface area contributed by atoms with Crippen LogP contribution in [-0.2, 0) is 0 Å². The zero-order valence-corrected chi connectivity index (χ0v) is 10.1. The van der Waals surface area contributed by atoms with Gasteiger partial charge in [0.15, 0.2) is 0 Å². The summed E-state index contributed by atoms with van der Waals surface area (Å²) in [6.07, 6.45) is 0. The van der Waals surface area contributed by atoms with Crippen LogP contribution >= 0.6 is 22.2 Å². The van der Waals surface area contributed by atoms with Gasteiger partial charge in [0, 0.05) is 0 Å². The van der Waals surface area contributed by atoms with Gasteiger partial charge in [-0.3, -0.25) is 0 Å². The monoisotopic (exact) mass is 212 g/mol. The summed E-state index contributed by atoms with van der Waals surface area (Å²) in [7, 11) is -0.828. The third-order valence-corrected chi connectivity index (χ3v) is 20.7. The minimum atomic E-state index is -1.62. The molecule has 1 fully saturated rings. The fourth-order valence-corrected chi connectivity index (χ4v) is 24.9. The molecule has 0 bridgehead atoms. The number of hydrogen-bond acceptors (Lipinski definition) is 0. The molecule has 1 heterocycles. The van der Waals surface area contributed by atoms with Crippen LogP contribution < -0.4 is 0 Å². The van der Waals surface area contributed by atoms with Crippen molar-refractivity contribution in [2.75, 3.05) is 0 Å². The third kappa shape index (κ3) is 1.60. The van der Waals surface area contributed by atoms with E-state index in [1.54, 1.807) is 0 Å². The van der Waals surface area contributed by atoms with Gasteiger partial charge in [0.05, 0.1) is 8.07 Å². The van der Waals surface area contributed by atoms with E-state index >= 15 is 0 Å². The van der Waals surface area contributed by atoms with Gasteiger partial charge >= 0.3 is 0 Å². The molecule has 1 saturated heterocycles. The van der Waals surface area contributed by atoms with Gasteiger partial charge in [0.1, 0.15) is 0 Å². The summed E-state index contributed by atoms with van der Waals surface area (Å²) in [5.74, 6) is 0. The van der Waals surface area contributed by atoms with Crippen molar-refractivity contribution in [1.29, 1.82) is 0 Å². The summed E-state index contributed by atoms with van der Waals surface area (Å²) in [5.41, 5.74) is 2.52. The normalized spacial score (nSPS) is 27.6. The first-order valence-corrected chi connectivity index (χ1v) is 11.2. The van der Waals surface area contributed by atoms with E-state index in [9.17, 15) is 0 Å². The minimum Gasteiger partial charge on any atom is -0.146 e. The van der Waals surface area contributed by atoms with Crippen molar-refractivity contribution < 1.29 is 0 Å². The first kappa shape index (κ1) is 9.10. The Morgan fingerprint density at radius 2 is 1.50 bits per heavy atom. The van der Waals surface area contributed by atoms with Gasteiger partial charge in [0.2, 0.25) is 6.69 Å². The van der Waals surface area contributed by atoms with Gasteiger partial charge in [-0.2, -0.15) is 0 Å². The maximum Gasteiger partial charge on any atom is 0.246 e. The third-order valence-electron chi connectivity index (χ3n) is 2.77. The fraction of sp³-hybridized carbons (Fsp3) is 1.00. The lowest BCUT2D eigenvalue weighted by Gasteiger charge is -2.46. The predicted octanol–water partition coefficient (Wildman–Crippen LogP) is 3.49. The molecule has 10 heavy (non-hydrogen) atoms. The van der Waals surface area contributed by atoms with Crippen LogP contribution in [0.15, 0.2) is 0 Å². The predicted molar refractivity (Wildman–Crippen MR) is 53.8 cm³/mol. The minimum absolute atomic E-state index is 0.828. The lowest BCUT2D eigenvalue weighted by atomic mass is 10.9. The highest BCUT2D eigenvalue weighted by molar-refractivity contribution is 7.54. The van der Waals surface area contributed by atoms with E-state index in [0.29, 0.717) is 0 Å². The fourth-order valence-electron chi connectivity index (χ4n) is 1.80. The van der Waals surface area contributed by atoms with E-state index in [0.717, 1.165) is 0 Å². The Morgan fingerprint density at radius 1 is 1.10 bits per heavy atom. The molecule has 1 rings (SSSR count). The van der Waals surface area contributed by atoms with Crippen LogP contribution in [0.2, 0.25) is 23.4 Å². The van der Waals surface area contributed by atoms with Gasteiger partial charge in [-0.1, -0.05) is 25.9 Å². The van der Waals surface area contributed by atoms with Gasteiger partial charge in [-0.15, -0.1) is 22.2 Å². The highest BCUT2D eigenvalue weighted by Crippen LogP contribution is 2.49. The summed E-state index contributed by atoms with van der Waals surface area (Å²) in [6.45, 7) is 2.98. The molecule has 0 aromatic carbocycles. The largest absolute Gasteiger partial charge is 0.246 e. The number of halogens is 2. The lowest BCUT2D eigenvalue weighted by Crippen LogP contribution is -2.56. The Labute approximate surface area is 74.3 Å². The van der Waals surface area contributed by atoms with Crippen LogP contribution in [0.1, 0.15) is 13.8 Å². The Bertz CT molecular complexity index is 122. The average molecular weight is 213 g/mol. The highest BCUT2D eigenvalue weighted by Gasteiger charge is 2.54. The second kappa shape index (κ2) is 2.81. The molecular formula is C6H14Cl2Si2. The molecule has 60 valence electrons. The first-order valence-electron chi connectivity index (χ1n) is 3.91. The van der Waals surface area contributed by atoms with E-state index in [1.807, 2.05) is 0 Å². The Hall–Kier alpha value is 1.01. The molecule has 0 amide bonds. The number of rotatable bonds is 2. The van der Waals surface area contributed by atoms with Gasteiger partial charge in [-0.05, 0) is 11.3 Å². The summed E-state index contributed by atoms with van der Waals surface area (Å²) in [4.78, 5) is 0. The molecule has 1 aliphatic heterocycles. The zero-order chi connectivity index (χ0) is 7.83. The van der Waals surface area contributed by atoms with Crippen LogP contribution in [0.25, 0.3) is 0 Å². The number of hydrogen-bond donors (Lipinski definition) is 0. The van der Waals surface area contributed by atoms with E-state index in [-0.39, 0.29) is 0 Å². The van der Waals surface area contributed by atoms with Crippen molar-refractivity contribution in [2.24, 2.45) is 0 Å². The van der Waals surface area contributed by atoms with E-state index in [2.05, 4.69) is 13.8 Å². The van der Waals surface area contributed by atoms with Crippen molar-refractivity contribution in [3.05, 3.63) is 0 Å². The van der Waals surface area contributed by atoms with Crippen LogP contribution in [0.3, 0.4) is 0 Å². The van der Waals surface area contributed by atoms with Crippen LogP contribution in [0.4, 0.5) is 0 Å². The maximum absolute atomic E-state index is 6.09. The molecule has 0 spiro atoms. The molecule has 0 nitrogen and oxygen atoms in total. The molecule has 0 aromatic rings. The standard InChI is InChI=1S/C6H14Cl2Si2/c1-3-9(4-2)5-10(7,8)6-9/h3-6H2,1-2H3. The summed E-state index contributed by atoms with van der Waals surface area (Å²) < 4.78 is 0. The van der Waals surface area contributed by atoms with Gasteiger partial charge < -0.3 is 0 Å². The van der Waals surface area contributed by atoms with Gasteiger partial charge in [-0.25, -0.2) is 0 Å². The molecule has 4 heteroatoms. The highest BCUT2D eigenvalue weighted by atomic mass is 35.7. The molecule has 0 radical (unpaired) electrons. The van der Waals surface area contributed by atoms with Crippen molar-refractivity contribution in [3.63, 3.8) is 0 Å². The second-order valence-electron chi connectivity index (χ2n) is 3.42. The Balaban J connectivity index is 2.46. The zero-order valence-electron chi connectivity index (χ0n) is 6.58. The molecule has 0 aromatic heterocycles. The summed E-state index contributed by atoms with van der Waals surface area (Å²) >= 11 is 12.2. The molecular weight excluding hydrogens is 199 g/mol. The lowest BCUT2D eigenvalue weighted by molar-refractivity contribution is 1.18. The average Bonchev–Trinajstić information content (AvgIpc) is 1.82. The van der Waals surface area contributed by atoms with Crippen LogP contribution in [-0.4, -0.2) is 14.8 Å². The topological polar surface area (TPSA) is 0 Å². The molecule has 0 unspecified atom stereocenters. The van der Waals surface area contributed by atoms with E-state index < -0.39 is 14.8 Å². The SMILES string of the molecule is CC[Si]1(CC)C[Si](Cl)(Cl)C1. The summed E-state index contributed by atoms with van der Waals surface area (Å²) in [6, 6.07) is 2.77. The first-order chi connectivity index (χ1) is 4.54. The quantitative estimate of drug-likeness (QED) is 0.486. The molecule has 0 aliphatic carbocycles. The van der Waals surface area contributed by atoms with Gasteiger partial charge in [0.25, 0.3) is 0 Å². The summed E-state index contributed by atoms with van der Waals surface area (Å²) in [5, 5.41) is 0.